The molecule has 3 aromatic rings. The summed E-state index contributed by atoms with van der Waals surface area (Å²) in [6.07, 6.45) is 0.209. The maximum Gasteiger partial charge on any atom is 0.232 e. The van der Waals surface area contributed by atoms with E-state index in [1.807, 2.05) is 31.2 Å². The normalized spacial score (nSPS) is 16.9. The standard InChI is InChI=1S/C20H19FN4O2/c1-12-2-7-17(16(21)8-12)25-11-15(9-18(25)26)20-23-19(24-27-20)14-5-3-13(10-22)4-6-14/h2-8,15H,9-11,22H2,1H3. The minimum absolute atomic E-state index is 0.158. The van der Waals surface area contributed by atoms with Gasteiger partial charge in [-0.05, 0) is 30.2 Å². The zero-order valence-electron chi connectivity index (χ0n) is 14.9. The van der Waals surface area contributed by atoms with Gasteiger partial charge >= 0.3 is 0 Å². The number of nitrogens with zero attached hydrogens (tertiary/aromatic N) is 3. The van der Waals surface area contributed by atoms with Crippen LogP contribution in [0.2, 0.25) is 0 Å². The zero-order chi connectivity index (χ0) is 19.0. The Kier molecular flexibility index (Phi) is 4.45. The summed E-state index contributed by atoms with van der Waals surface area (Å²) < 4.78 is 19.6. The molecule has 1 amide bonds. The van der Waals surface area contributed by atoms with Gasteiger partial charge in [-0.2, -0.15) is 4.98 Å². The highest BCUT2D eigenvalue weighted by Gasteiger charge is 2.36. The lowest BCUT2D eigenvalue weighted by Crippen LogP contribution is -2.25. The molecule has 4 rings (SSSR count). The molecule has 1 aliphatic heterocycles. The first-order chi connectivity index (χ1) is 13.0. The number of halogens is 1. The molecule has 1 atom stereocenters. The molecule has 1 aliphatic rings. The van der Waals surface area contributed by atoms with Gasteiger partial charge in [-0.1, -0.05) is 35.5 Å². The summed E-state index contributed by atoms with van der Waals surface area (Å²) in [6.45, 7) is 2.58. The third kappa shape index (κ3) is 3.33. The lowest BCUT2D eigenvalue weighted by Gasteiger charge is -2.17. The van der Waals surface area contributed by atoms with Gasteiger partial charge in [-0.25, -0.2) is 4.39 Å². The van der Waals surface area contributed by atoms with Crippen molar-refractivity contribution in [3.63, 3.8) is 0 Å². The van der Waals surface area contributed by atoms with E-state index in [0.717, 1.165) is 16.7 Å². The highest BCUT2D eigenvalue weighted by atomic mass is 19.1. The SMILES string of the molecule is Cc1ccc(N2CC(c3nc(-c4ccc(CN)cc4)no3)CC2=O)c(F)c1. The summed E-state index contributed by atoms with van der Waals surface area (Å²) in [5.74, 6) is 0.0186. The Labute approximate surface area is 155 Å². The Morgan fingerprint density at radius 2 is 2.04 bits per heavy atom. The second kappa shape index (κ2) is 6.92. The molecule has 1 saturated heterocycles. The Hall–Kier alpha value is -3.06. The molecule has 27 heavy (non-hydrogen) atoms. The number of anilines is 1. The monoisotopic (exact) mass is 366 g/mol. The first-order valence-corrected chi connectivity index (χ1v) is 8.74. The molecular weight excluding hydrogens is 347 g/mol. The molecule has 138 valence electrons. The average Bonchev–Trinajstić information content (AvgIpc) is 3.29. The van der Waals surface area contributed by atoms with Crippen molar-refractivity contribution in [3.8, 4) is 11.4 Å². The Balaban J connectivity index is 1.54. The minimum Gasteiger partial charge on any atom is -0.339 e. The number of hydrogen-bond donors (Lipinski definition) is 1. The first kappa shape index (κ1) is 17.4. The fourth-order valence-electron chi connectivity index (χ4n) is 3.24. The van der Waals surface area contributed by atoms with Crippen LogP contribution in [0.15, 0.2) is 47.0 Å². The molecule has 1 unspecified atom stereocenters. The fraction of sp³-hybridized carbons (Fsp3) is 0.250. The van der Waals surface area contributed by atoms with Gasteiger partial charge in [-0.15, -0.1) is 0 Å². The number of benzene rings is 2. The van der Waals surface area contributed by atoms with Gasteiger partial charge in [-0.3, -0.25) is 4.79 Å². The number of hydrogen-bond acceptors (Lipinski definition) is 5. The van der Waals surface area contributed by atoms with E-state index in [1.54, 1.807) is 12.1 Å². The third-order valence-electron chi connectivity index (χ3n) is 4.76. The van der Waals surface area contributed by atoms with Gasteiger partial charge in [0.1, 0.15) is 5.82 Å². The topological polar surface area (TPSA) is 85.2 Å². The van der Waals surface area contributed by atoms with Crippen molar-refractivity contribution in [1.29, 1.82) is 0 Å². The van der Waals surface area contributed by atoms with Crippen molar-refractivity contribution in [2.75, 3.05) is 11.4 Å². The Morgan fingerprint density at radius 3 is 2.74 bits per heavy atom. The van der Waals surface area contributed by atoms with Gasteiger partial charge in [0.05, 0.1) is 11.6 Å². The number of carbonyl (C=O) groups is 1. The lowest BCUT2D eigenvalue weighted by molar-refractivity contribution is -0.117. The van der Waals surface area contributed by atoms with E-state index >= 15 is 0 Å². The molecule has 0 aliphatic carbocycles. The number of nitrogens with two attached hydrogens (primary N) is 1. The summed E-state index contributed by atoms with van der Waals surface area (Å²) in [4.78, 5) is 18.3. The summed E-state index contributed by atoms with van der Waals surface area (Å²) in [5.41, 5.74) is 8.52. The van der Waals surface area contributed by atoms with Crippen LogP contribution in [0.25, 0.3) is 11.4 Å². The summed E-state index contributed by atoms with van der Waals surface area (Å²) in [7, 11) is 0. The molecule has 7 heteroatoms. The van der Waals surface area contributed by atoms with Crippen molar-refractivity contribution in [2.45, 2.75) is 25.8 Å². The van der Waals surface area contributed by atoms with E-state index in [0.29, 0.717) is 24.8 Å². The number of rotatable bonds is 4. The van der Waals surface area contributed by atoms with E-state index in [-0.39, 0.29) is 23.9 Å². The van der Waals surface area contributed by atoms with Gasteiger partial charge < -0.3 is 15.2 Å². The molecule has 0 spiro atoms. The maximum atomic E-state index is 14.2. The van der Waals surface area contributed by atoms with Crippen LogP contribution in [0.3, 0.4) is 0 Å². The van der Waals surface area contributed by atoms with Gasteiger partial charge in [0.15, 0.2) is 0 Å². The quantitative estimate of drug-likeness (QED) is 0.767. The van der Waals surface area contributed by atoms with Crippen LogP contribution >= 0.6 is 0 Å². The average molecular weight is 366 g/mol. The number of aromatic nitrogens is 2. The van der Waals surface area contributed by atoms with Crippen LogP contribution in [0.1, 0.15) is 29.4 Å². The molecule has 0 radical (unpaired) electrons. The smallest absolute Gasteiger partial charge is 0.232 e. The second-order valence-corrected chi connectivity index (χ2v) is 6.72. The van der Waals surface area contributed by atoms with Crippen molar-refractivity contribution >= 4 is 11.6 Å². The van der Waals surface area contributed by atoms with Crippen LogP contribution in [-0.4, -0.2) is 22.6 Å². The largest absolute Gasteiger partial charge is 0.339 e. The van der Waals surface area contributed by atoms with Gasteiger partial charge in [0, 0.05) is 25.1 Å². The fourth-order valence-corrected chi connectivity index (χ4v) is 3.24. The van der Waals surface area contributed by atoms with Crippen LogP contribution in [0.4, 0.5) is 10.1 Å². The predicted molar refractivity (Wildman–Crippen MR) is 98.5 cm³/mol. The zero-order valence-corrected chi connectivity index (χ0v) is 14.9. The van der Waals surface area contributed by atoms with Crippen molar-refractivity contribution in [2.24, 2.45) is 5.73 Å². The lowest BCUT2D eigenvalue weighted by atomic mass is 10.1. The van der Waals surface area contributed by atoms with E-state index in [4.69, 9.17) is 10.3 Å². The Bertz CT molecular complexity index is 984. The molecule has 2 heterocycles. The van der Waals surface area contributed by atoms with E-state index in [1.165, 1.54) is 11.0 Å². The van der Waals surface area contributed by atoms with Crippen LogP contribution in [0.5, 0.6) is 0 Å². The maximum absolute atomic E-state index is 14.2. The van der Waals surface area contributed by atoms with Crippen LogP contribution < -0.4 is 10.6 Å². The Morgan fingerprint density at radius 1 is 1.26 bits per heavy atom. The summed E-state index contributed by atoms with van der Waals surface area (Å²) >= 11 is 0. The van der Waals surface area contributed by atoms with Crippen LogP contribution in [0, 0.1) is 12.7 Å². The molecule has 0 bridgehead atoms. The molecule has 1 aromatic heterocycles. The summed E-state index contributed by atoms with van der Waals surface area (Å²) in [5, 5.41) is 4.02. The highest BCUT2D eigenvalue weighted by molar-refractivity contribution is 5.96. The van der Waals surface area contributed by atoms with Gasteiger partial charge in [0.2, 0.25) is 17.6 Å². The number of aryl methyl sites for hydroxylation is 1. The third-order valence-corrected chi connectivity index (χ3v) is 4.76. The van der Waals surface area contributed by atoms with E-state index < -0.39 is 5.82 Å². The number of amides is 1. The summed E-state index contributed by atoms with van der Waals surface area (Å²) in [6, 6.07) is 12.4. The first-order valence-electron chi connectivity index (χ1n) is 8.74. The van der Waals surface area contributed by atoms with E-state index in [9.17, 15) is 9.18 Å². The molecular formula is C20H19FN4O2. The van der Waals surface area contributed by atoms with Crippen molar-refractivity contribution in [1.82, 2.24) is 10.1 Å². The van der Waals surface area contributed by atoms with E-state index in [2.05, 4.69) is 10.1 Å². The molecule has 2 aromatic carbocycles. The molecule has 0 saturated carbocycles. The molecule has 6 nitrogen and oxygen atoms in total. The van der Waals surface area contributed by atoms with Gasteiger partial charge in [0.25, 0.3) is 0 Å². The van der Waals surface area contributed by atoms with Crippen molar-refractivity contribution in [3.05, 3.63) is 65.3 Å². The minimum atomic E-state index is -0.407. The second-order valence-electron chi connectivity index (χ2n) is 6.72. The molecule has 2 N–H and O–H groups in total. The molecule has 1 fully saturated rings. The highest BCUT2D eigenvalue weighted by Crippen LogP contribution is 2.33. The predicted octanol–water partition coefficient (Wildman–Crippen LogP) is 3.16. The number of carbonyl (C=O) groups excluding carboxylic acids is 1. The van der Waals surface area contributed by atoms with Crippen LogP contribution in [-0.2, 0) is 11.3 Å². The van der Waals surface area contributed by atoms with Crippen molar-refractivity contribution < 1.29 is 13.7 Å².